The zero-order valence-electron chi connectivity index (χ0n) is 23.7. The van der Waals surface area contributed by atoms with E-state index in [4.69, 9.17) is 23.2 Å². The lowest BCUT2D eigenvalue weighted by molar-refractivity contribution is -0.140. The maximum atomic E-state index is 14.0. The SMILES string of the molecule is CC(C)CNC(=O)C(Cc1ccccc1)N(Cc1ccc(Cl)cc1)C(=O)CN(c1ccc(Cl)c(C(F)(F)F)c1)S(C)(=O)=O. The number of alkyl halides is 3. The molecule has 3 rings (SSSR count). The number of sulfonamides is 1. The Balaban J connectivity index is 2.09. The summed E-state index contributed by atoms with van der Waals surface area (Å²) in [4.78, 5) is 28.9. The number of rotatable bonds is 12. The molecule has 0 fully saturated rings. The van der Waals surface area contributed by atoms with E-state index < -0.39 is 56.9 Å². The van der Waals surface area contributed by atoms with Gasteiger partial charge >= 0.3 is 6.18 Å². The van der Waals surface area contributed by atoms with Crippen LogP contribution in [0.5, 0.6) is 0 Å². The molecule has 1 atom stereocenters. The number of hydrogen-bond donors (Lipinski definition) is 1. The predicted molar refractivity (Wildman–Crippen MR) is 162 cm³/mol. The molecule has 1 N–H and O–H groups in total. The van der Waals surface area contributed by atoms with Crippen LogP contribution in [0.3, 0.4) is 0 Å². The zero-order chi connectivity index (χ0) is 31.9. The van der Waals surface area contributed by atoms with Crippen LogP contribution in [-0.2, 0) is 38.8 Å². The first-order valence-electron chi connectivity index (χ1n) is 13.3. The summed E-state index contributed by atoms with van der Waals surface area (Å²) in [5.41, 5.74) is -0.304. The number of hydrogen-bond acceptors (Lipinski definition) is 4. The van der Waals surface area contributed by atoms with Crippen molar-refractivity contribution >= 4 is 50.7 Å². The fraction of sp³-hybridized carbons (Fsp3) is 0.333. The van der Waals surface area contributed by atoms with Crippen molar-refractivity contribution in [1.82, 2.24) is 10.2 Å². The lowest BCUT2D eigenvalue weighted by atomic mass is 10.0. The van der Waals surface area contributed by atoms with Crippen LogP contribution in [0, 0.1) is 5.92 Å². The Kier molecular flexibility index (Phi) is 11.5. The topological polar surface area (TPSA) is 86.8 Å². The molecule has 0 aliphatic heterocycles. The highest BCUT2D eigenvalue weighted by Gasteiger charge is 2.36. The van der Waals surface area contributed by atoms with E-state index >= 15 is 0 Å². The molecule has 232 valence electrons. The molecule has 3 aromatic carbocycles. The van der Waals surface area contributed by atoms with Crippen molar-refractivity contribution in [3.63, 3.8) is 0 Å². The minimum atomic E-state index is -4.86. The maximum Gasteiger partial charge on any atom is 0.417 e. The van der Waals surface area contributed by atoms with Gasteiger partial charge in [0.15, 0.2) is 0 Å². The van der Waals surface area contributed by atoms with Crippen molar-refractivity contribution < 1.29 is 31.2 Å². The number of benzene rings is 3. The summed E-state index contributed by atoms with van der Waals surface area (Å²) in [5.74, 6) is -1.16. The Hall–Kier alpha value is -3.28. The fourth-order valence-electron chi connectivity index (χ4n) is 4.26. The molecule has 0 aromatic heterocycles. The molecule has 2 amide bonds. The van der Waals surface area contributed by atoms with E-state index in [1.165, 1.54) is 4.90 Å². The minimum Gasteiger partial charge on any atom is -0.354 e. The first kappa shape index (κ1) is 34.2. The number of nitrogens with zero attached hydrogens (tertiary/aromatic N) is 2. The van der Waals surface area contributed by atoms with Crippen LogP contribution in [0.1, 0.15) is 30.5 Å². The summed E-state index contributed by atoms with van der Waals surface area (Å²) in [6.07, 6.45) is -3.99. The molecule has 13 heteroatoms. The number of nitrogens with one attached hydrogen (secondary N) is 1. The molecule has 0 spiro atoms. The van der Waals surface area contributed by atoms with Crippen LogP contribution < -0.4 is 9.62 Å². The first-order valence-corrected chi connectivity index (χ1v) is 15.9. The van der Waals surface area contributed by atoms with Gasteiger partial charge in [0, 0.05) is 24.5 Å². The second-order valence-electron chi connectivity index (χ2n) is 10.4. The Bertz CT molecular complexity index is 1520. The normalized spacial score (nSPS) is 12.6. The second kappa shape index (κ2) is 14.5. The van der Waals surface area contributed by atoms with Gasteiger partial charge in [0.05, 0.1) is 22.5 Å². The Labute approximate surface area is 259 Å². The van der Waals surface area contributed by atoms with Crippen LogP contribution in [-0.4, -0.2) is 50.5 Å². The van der Waals surface area contributed by atoms with Gasteiger partial charge in [-0.1, -0.05) is 79.5 Å². The van der Waals surface area contributed by atoms with Crippen LogP contribution in [0.15, 0.2) is 72.8 Å². The standard InChI is InChI=1S/C30H32Cl2F3N3O4S/c1-20(2)17-36-29(40)27(15-21-7-5-4-6-8-21)37(18-22-9-11-23(31)12-10-22)28(39)19-38(43(3,41)42)24-13-14-26(32)25(16-24)30(33,34)35/h4-14,16,20,27H,15,17-19H2,1-3H3,(H,36,40). The third kappa shape index (κ3) is 9.87. The molecule has 0 radical (unpaired) electrons. The van der Waals surface area contributed by atoms with Crippen molar-refractivity contribution in [2.75, 3.05) is 23.7 Å². The summed E-state index contributed by atoms with van der Waals surface area (Å²) in [6.45, 7) is 3.18. The average Bonchev–Trinajstić information content (AvgIpc) is 2.93. The molecule has 0 aliphatic rings. The Morgan fingerprint density at radius 1 is 0.930 bits per heavy atom. The molecule has 0 aliphatic carbocycles. The van der Waals surface area contributed by atoms with Gasteiger partial charge in [0.1, 0.15) is 12.6 Å². The predicted octanol–water partition coefficient (Wildman–Crippen LogP) is 6.19. The summed E-state index contributed by atoms with van der Waals surface area (Å²) in [5, 5.41) is 2.68. The van der Waals surface area contributed by atoms with Gasteiger partial charge in [-0.05, 0) is 47.4 Å². The average molecular weight is 659 g/mol. The van der Waals surface area contributed by atoms with Crippen molar-refractivity contribution in [2.24, 2.45) is 5.92 Å². The molecular weight excluding hydrogens is 626 g/mol. The first-order chi connectivity index (χ1) is 20.1. The van der Waals surface area contributed by atoms with Crippen LogP contribution in [0.2, 0.25) is 10.0 Å². The number of amides is 2. The monoisotopic (exact) mass is 657 g/mol. The second-order valence-corrected chi connectivity index (χ2v) is 13.2. The molecule has 0 saturated carbocycles. The van der Waals surface area contributed by atoms with Crippen molar-refractivity contribution in [2.45, 2.75) is 39.0 Å². The minimum absolute atomic E-state index is 0.0993. The van der Waals surface area contributed by atoms with E-state index in [9.17, 15) is 31.2 Å². The van der Waals surface area contributed by atoms with Crippen molar-refractivity contribution in [1.29, 1.82) is 0 Å². The Morgan fingerprint density at radius 2 is 1.56 bits per heavy atom. The molecule has 0 heterocycles. The summed E-state index contributed by atoms with van der Waals surface area (Å²) >= 11 is 11.8. The fourth-order valence-corrected chi connectivity index (χ4v) is 5.45. The van der Waals surface area contributed by atoms with E-state index in [1.807, 2.05) is 13.8 Å². The molecule has 0 bridgehead atoms. The highest BCUT2D eigenvalue weighted by Crippen LogP contribution is 2.37. The van der Waals surface area contributed by atoms with E-state index in [0.29, 0.717) is 27.5 Å². The lowest BCUT2D eigenvalue weighted by Crippen LogP contribution is -2.53. The molecular formula is C30H32Cl2F3N3O4S. The van der Waals surface area contributed by atoms with E-state index in [-0.39, 0.29) is 18.9 Å². The van der Waals surface area contributed by atoms with Gasteiger partial charge in [0.2, 0.25) is 21.8 Å². The summed E-state index contributed by atoms with van der Waals surface area (Å²) in [6, 6.07) is 17.0. The van der Waals surface area contributed by atoms with Gasteiger partial charge in [-0.15, -0.1) is 0 Å². The quantitative estimate of drug-likeness (QED) is 0.252. The van der Waals surface area contributed by atoms with E-state index in [2.05, 4.69) is 5.32 Å². The number of anilines is 1. The number of halogens is 5. The van der Waals surface area contributed by atoms with Gasteiger partial charge in [-0.3, -0.25) is 13.9 Å². The highest BCUT2D eigenvalue weighted by molar-refractivity contribution is 7.92. The zero-order valence-corrected chi connectivity index (χ0v) is 26.1. The number of carbonyl (C=O) groups excluding carboxylic acids is 2. The van der Waals surface area contributed by atoms with E-state index in [1.54, 1.807) is 54.6 Å². The largest absolute Gasteiger partial charge is 0.417 e. The van der Waals surface area contributed by atoms with E-state index in [0.717, 1.165) is 24.0 Å². The molecule has 1 unspecified atom stereocenters. The third-order valence-electron chi connectivity index (χ3n) is 6.44. The van der Waals surface area contributed by atoms with Crippen LogP contribution in [0.25, 0.3) is 0 Å². The van der Waals surface area contributed by atoms with Crippen molar-refractivity contribution in [3.05, 3.63) is 99.5 Å². The third-order valence-corrected chi connectivity index (χ3v) is 8.17. The molecule has 0 saturated heterocycles. The summed E-state index contributed by atoms with van der Waals surface area (Å²) < 4.78 is 67.1. The smallest absolute Gasteiger partial charge is 0.354 e. The molecule has 3 aromatic rings. The van der Waals surface area contributed by atoms with Crippen LogP contribution in [0.4, 0.5) is 18.9 Å². The number of carbonyl (C=O) groups is 2. The highest BCUT2D eigenvalue weighted by atomic mass is 35.5. The Morgan fingerprint density at radius 3 is 2.12 bits per heavy atom. The molecule has 43 heavy (non-hydrogen) atoms. The van der Waals surface area contributed by atoms with Gasteiger partial charge < -0.3 is 10.2 Å². The maximum absolute atomic E-state index is 14.0. The van der Waals surface area contributed by atoms with Gasteiger partial charge in [-0.25, -0.2) is 8.42 Å². The van der Waals surface area contributed by atoms with Crippen molar-refractivity contribution in [3.8, 4) is 0 Å². The lowest BCUT2D eigenvalue weighted by Gasteiger charge is -2.33. The summed E-state index contributed by atoms with van der Waals surface area (Å²) in [7, 11) is -4.27. The van der Waals surface area contributed by atoms with Crippen LogP contribution >= 0.6 is 23.2 Å². The molecule has 7 nitrogen and oxygen atoms in total. The van der Waals surface area contributed by atoms with Gasteiger partial charge in [0.25, 0.3) is 0 Å². The van der Waals surface area contributed by atoms with Gasteiger partial charge in [-0.2, -0.15) is 13.2 Å².